The summed E-state index contributed by atoms with van der Waals surface area (Å²) in [5, 5.41) is 2.90. The number of aromatic nitrogens is 2. The molecule has 1 aromatic carbocycles. The number of hydrogen-bond acceptors (Lipinski definition) is 4. The molecule has 0 aliphatic carbocycles. The Hall–Kier alpha value is -2.69. The van der Waals surface area contributed by atoms with Crippen LogP contribution < -0.4 is 5.32 Å². The Balaban J connectivity index is 1.90. The van der Waals surface area contributed by atoms with Gasteiger partial charge >= 0.3 is 0 Å². The third-order valence-electron chi connectivity index (χ3n) is 3.43. The maximum Gasteiger partial charge on any atom is 0.251 e. The van der Waals surface area contributed by atoms with Gasteiger partial charge in [0.2, 0.25) is 5.89 Å². The molecule has 23 heavy (non-hydrogen) atoms. The molecule has 0 saturated heterocycles. The van der Waals surface area contributed by atoms with Gasteiger partial charge in [-0.2, -0.15) is 0 Å². The second-order valence-electron chi connectivity index (χ2n) is 5.97. The van der Waals surface area contributed by atoms with Gasteiger partial charge in [0.05, 0.1) is 0 Å². The number of nitrogens with zero attached hydrogens (tertiary/aromatic N) is 2. The Morgan fingerprint density at radius 3 is 2.78 bits per heavy atom. The fourth-order valence-electron chi connectivity index (χ4n) is 2.24. The molecule has 2 aromatic heterocycles. The molecule has 0 radical (unpaired) electrons. The van der Waals surface area contributed by atoms with E-state index in [1.807, 2.05) is 25.1 Å². The van der Waals surface area contributed by atoms with Crippen LogP contribution in [0.2, 0.25) is 0 Å². The molecule has 1 amide bonds. The lowest BCUT2D eigenvalue weighted by Gasteiger charge is -2.07. The topological polar surface area (TPSA) is 68.0 Å². The average molecular weight is 309 g/mol. The molecule has 5 heteroatoms. The van der Waals surface area contributed by atoms with E-state index in [4.69, 9.17) is 4.42 Å². The number of oxazole rings is 1. The minimum absolute atomic E-state index is 0.0983. The van der Waals surface area contributed by atoms with Gasteiger partial charge in [0.15, 0.2) is 5.58 Å². The van der Waals surface area contributed by atoms with Crippen LogP contribution in [0.5, 0.6) is 0 Å². The maximum atomic E-state index is 12.1. The largest absolute Gasteiger partial charge is 0.435 e. The molecule has 0 aliphatic heterocycles. The van der Waals surface area contributed by atoms with Crippen LogP contribution in [0.4, 0.5) is 0 Å². The summed E-state index contributed by atoms with van der Waals surface area (Å²) in [6.07, 6.45) is 0. The molecule has 3 aromatic rings. The Bertz CT molecular complexity index is 852. The van der Waals surface area contributed by atoms with E-state index < -0.39 is 0 Å². The zero-order chi connectivity index (χ0) is 16.4. The SMILES string of the molecule is Cc1cccc(-c2nc3cc(C(=O)NCC(C)C)ccc3o2)n1. The first-order valence-corrected chi connectivity index (χ1v) is 7.66. The van der Waals surface area contributed by atoms with Gasteiger partial charge in [0, 0.05) is 17.8 Å². The summed E-state index contributed by atoms with van der Waals surface area (Å²) in [6, 6.07) is 10.9. The summed E-state index contributed by atoms with van der Waals surface area (Å²) in [5.41, 5.74) is 3.46. The molecule has 2 heterocycles. The minimum Gasteiger partial charge on any atom is -0.435 e. The summed E-state index contributed by atoms with van der Waals surface area (Å²) in [4.78, 5) is 21.0. The van der Waals surface area contributed by atoms with Gasteiger partial charge in [-0.1, -0.05) is 19.9 Å². The zero-order valence-corrected chi connectivity index (χ0v) is 13.5. The van der Waals surface area contributed by atoms with E-state index in [0.717, 1.165) is 5.69 Å². The van der Waals surface area contributed by atoms with E-state index in [1.54, 1.807) is 18.2 Å². The summed E-state index contributed by atoms with van der Waals surface area (Å²) in [6.45, 7) is 6.68. The number of rotatable bonds is 4. The summed E-state index contributed by atoms with van der Waals surface area (Å²) >= 11 is 0. The van der Waals surface area contributed by atoms with Gasteiger partial charge in [-0.25, -0.2) is 9.97 Å². The van der Waals surface area contributed by atoms with E-state index in [0.29, 0.717) is 40.7 Å². The van der Waals surface area contributed by atoms with Gasteiger partial charge < -0.3 is 9.73 Å². The summed E-state index contributed by atoms with van der Waals surface area (Å²) in [7, 11) is 0. The number of carbonyl (C=O) groups is 1. The normalized spacial score (nSPS) is 11.1. The van der Waals surface area contributed by atoms with Crippen LogP contribution in [0.3, 0.4) is 0 Å². The lowest BCUT2D eigenvalue weighted by Crippen LogP contribution is -2.27. The van der Waals surface area contributed by atoms with Crippen LogP contribution >= 0.6 is 0 Å². The quantitative estimate of drug-likeness (QED) is 0.799. The molecule has 5 nitrogen and oxygen atoms in total. The van der Waals surface area contributed by atoms with Crippen LogP contribution in [0.1, 0.15) is 29.9 Å². The number of aryl methyl sites for hydroxylation is 1. The van der Waals surface area contributed by atoms with Crippen LogP contribution in [-0.2, 0) is 0 Å². The summed E-state index contributed by atoms with van der Waals surface area (Å²) < 4.78 is 5.74. The van der Waals surface area contributed by atoms with Crippen LogP contribution in [-0.4, -0.2) is 22.4 Å². The molecule has 3 rings (SSSR count). The van der Waals surface area contributed by atoms with Crippen molar-refractivity contribution in [3.63, 3.8) is 0 Å². The number of fused-ring (bicyclic) bond motifs is 1. The first-order chi connectivity index (χ1) is 11.0. The molecule has 0 fully saturated rings. The highest BCUT2D eigenvalue weighted by atomic mass is 16.3. The molecule has 0 atom stereocenters. The number of carbonyl (C=O) groups excluding carboxylic acids is 1. The van der Waals surface area contributed by atoms with E-state index in [-0.39, 0.29) is 5.91 Å². The first kappa shape index (κ1) is 15.2. The van der Waals surface area contributed by atoms with Crippen molar-refractivity contribution in [3.8, 4) is 11.6 Å². The first-order valence-electron chi connectivity index (χ1n) is 7.66. The highest BCUT2D eigenvalue weighted by Gasteiger charge is 2.12. The van der Waals surface area contributed by atoms with Crippen molar-refractivity contribution in [2.24, 2.45) is 5.92 Å². The monoisotopic (exact) mass is 309 g/mol. The molecule has 0 saturated carbocycles. The lowest BCUT2D eigenvalue weighted by atomic mass is 10.1. The fourth-order valence-corrected chi connectivity index (χ4v) is 2.24. The van der Waals surface area contributed by atoms with Crippen molar-refractivity contribution in [3.05, 3.63) is 47.7 Å². The van der Waals surface area contributed by atoms with Gasteiger partial charge in [-0.05, 0) is 43.2 Å². The molecular formula is C18H19N3O2. The molecule has 0 unspecified atom stereocenters. The van der Waals surface area contributed by atoms with Crippen LogP contribution in [0.15, 0.2) is 40.8 Å². The van der Waals surface area contributed by atoms with Crippen molar-refractivity contribution < 1.29 is 9.21 Å². The van der Waals surface area contributed by atoms with Gasteiger partial charge in [0.25, 0.3) is 5.91 Å². The Morgan fingerprint density at radius 2 is 2.04 bits per heavy atom. The third kappa shape index (κ3) is 3.39. The fraction of sp³-hybridized carbons (Fsp3) is 0.278. The molecule has 0 aliphatic rings. The second-order valence-corrected chi connectivity index (χ2v) is 5.97. The maximum absolute atomic E-state index is 12.1. The van der Waals surface area contributed by atoms with Crippen molar-refractivity contribution in [2.75, 3.05) is 6.54 Å². The lowest BCUT2D eigenvalue weighted by molar-refractivity contribution is 0.0949. The molecule has 1 N–H and O–H groups in total. The Labute approximate surface area is 134 Å². The zero-order valence-electron chi connectivity index (χ0n) is 13.5. The van der Waals surface area contributed by atoms with E-state index in [1.165, 1.54) is 0 Å². The number of amides is 1. The minimum atomic E-state index is -0.0983. The molecular weight excluding hydrogens is 290 g/mol. The highest BCUT2D eigenvalue weighted by Crippen LogP contribution is 2.23. The second kappa shape index (κ2) is 6.20. The number of pyridine rings is 1. The smallest absolute Gasteiger partial charge is 0.251 e. The van der Waals surface area contributed by atoms with Gasteiger partial charge in [-0.3, -0.25) is 4.79 Å². The van der Waals surface area contributed by atoms with Crippen molar-refractivity contribution >= 4 is 17.0 Å². The predicted octanol–water partition coefficient (Wildman–Crippen LogP) is 3.58. The standard InChI is InChI=1S/C18H19N3O2/c1-11(2)10-19-17(22)13-7-8-16-15(9-13)21-18(23-16)14-6-4-5-12(3)20-14/h4-9,11H,10H2,1-3H3,(H,19,22). The Kier molecular flexibility index (Phi) is 4.10. The van der Waals surface area contributed by atoms with E-state index in [2.05, 4.69) is 29.1 Å². The van der Waals surface area contributed by atoms with Crippen molar-refractivity contribution in [2.45, 2.75) is 20.8 Å². The van der Waals surface area contributed by atoms with Gasteiger partial charge in [-0.15, -0.1) is 0 Å². The number of hydrogen-bond donors (Lipinski definition) is 1. The molecule has 118 valence electrons. The van der Waals surface area contributed by atoms with E-state index in [9.17, 15) is 4.79 Å². The van der Waals surface area contributed by atoms with E-state index >= 15 is 0 Å². The number of benzene rings is 1. The highest BCUT2D eigenvalue weighted by molar-refractivity contribution is 5.97. The Morgan fingerprint density at radius 1 is 1.22 bits per heavy atom. The third-order valence-corrected chi connectivity index (χ3v) is 3.43. The predicted molar refractivity (Wildman–Crippen MR) is 89.1 cm³/mol. The number of nitrogens with one attached hydrogen (secondary N) is 1. The van der Waals surface area contributed by atoms with Crippen molar-refractivity contribution in [1.29, 1.82) is 0 Å². The van der Waals surface area contributed by atoms with Crippen molar-refractivity contribution in [1.82, 2.24) is 15.3 Å². The average Bonchev–Trinajstić information content (AvgIpc) is 2.95. The van der Waals surface area contributed by atoms with Gasteiger partial charge in [0.1, 0.15) is 11.2 Å². The summed E-state index contributed by atoms with van der Waals surface area (Å²) in [5.74, 6) is 0.774. The molecule has 0 spiro atoms. The van der Waals surface area contributed by atoms with Crippen LogP contribution in [0, 0.1) is 12.8 Å². The molecule has 0 bridgehead atoms. The van der Waals surface area contributed by atoms with Crippen LogP contribution in [0.25, 0.3) is 22.7 Å².